The van der Waals surface area contributed by atoms with Crippen molar-refractivity contribution >= 4 is 17.5 Å². The van der Waals surface area contributed by atoms with Crippen molar-refractivity contribution in [1.29, 1.82) is 0 Å². The number of benzene rings is 2. The third kappa shape index (κ3) is 3.93. The molecular weight excluding hydrogens is 363 g/mol. The van der Waals surface area contributed by atoms with Crippen molar-refractivity contribution < 1.29 is 23.5 Å². The van der Waals surface area contributed by atoms with Crippen LogP contribution < -0.4 is 14.4 Å². The number of anilines is 1. The molecule has 0 radical (unpaired) electrons. The second kappa shape index (κ2) is 8.29. The summed E-state index contributed by atoms with van der Waals surface area (Å²) in [5.41, 5.74) is 1.09. The molecule has 1 aliphatic rings. The Hall–Kier alpha value is -3.09. The number of ether oxygens (including phenoxy) is 2. The lowest BCUT2D eigenvalue weighted by molar-refractivity contribution is -0.135. The molecule has 3 rings (SSSR count). The molecular formula is C21H23FN2O4. The highest BCUT2D eigenvalue weighted by molar-refractivity contribution is 6.00. The van der Waals surface area contributed by atoms with Gasteiger partial charge in [-0.05, 0) is 18.2 Å². The van der Waals surface area contributed by atoms with E-state index in [2.05, 4.69) is 0 Å². The molecule has 6 nitrogen and oxygen atoms in total. The fourth-order valence-electron chi connectivity index (χ4n) is 3.39. The van der Waals surface area contributed by atoms with Crippen molar-refractivity contribution in [2.45, 2.75) is 13.0 Å². The minimum Gasteiger partial charge on any atom is -0.493 e. The summed E-state index contributed by atoms with van der Waals surface area (Å²) in [5, 5.41) is 0. The first-order valence-electron chi connectivity index (χ1n) is 8.95. The van der Waals surface area contributed by atoms with Gasteiger partial charge in [0.25, 0.3) is 0 Å². The first kappa shape index (κ1) is 19.7. The molecule has 0 aliphatic carbocycles. The third-order valence-corrected chi connectivity index (χ3v) is 4.89. The summed E-state index contributed by atoms with van der Waals surface area (Å²) < 4.78 is 24.4. The van der Waals surface area contributed by atoms with Gasteiger partial charge in [-0.25, -0.2) is 4.39 Å². The molecule has 0 spiro atoms. The largest absolute Gasteiger partial charge is 0.493 e. The van der Waals surface area contributed by atoms with Gasteiger partial charge >= 0.3 is 0 Å². The molecule has 28 heavy (non-hydrogen) atoms. The number of nitrogens with zero attached hydrogens (tertiary/aromatic N) is 2. The summed E-state index contributed by atoms with van der Waals surface area (Å²) in [6, 6.07) is 11.6. The zero-order valence-electron chi connectivity index (χ0n) is 16.1. The zero-order chi connectivity index (χ0) is 20.3. The van der Waals surface area contributed by atoms with Gasteiger partial charge in [-0.2, -0.15) is 0 Å². The van der Waals surface area contributed by atoms with Crippen molar-refractivity contribution in [3.05, 3.63) is 53.8 Å². The van der Waals surface area contributed by atoms with Crippen LogP contribution in [0.5, 0.6) is 11.5 Å². The predicted octanol–water partition coefficient (Wildman–Crippen LogP) is 2.85. The first-order chi connectivity index (χ1) is 13.4. The SMILES string of the molecule is COc1ccc(N2CC(C(=O)N(C)Cc3ccccc3F)CC2=O)cc1OC. The number of hydrogen-bond acceptors (Lipinski definition) is 4. The minimum absolute atomic E-state index is 0.120. The molecule has 148 valence electrons. The van der Waals surface area contributed by atoms with E-state index in [1.807, 2.05) is 0 Å². The van der Waals surface area contributed by atoms with Gasteiger partial charge in [0.05, 0.1) is 20.1 Å². The van der Waals surface area contributed by atoms with Crippen LogP contribution in [0.1, 0.15) is 12.0 Å². The minimum atomic E-state index is -0.475. The predicted molar refractivity (Wildman–Crippen MR) is 103 cm³/mol. The molecule has 7 heteroatoms. The Morgan fingerprint density at radius 1 is 1.18 bits per heavy atom. The maximum atomic E-state index is 13.8. The molecule has 2 amide bonds. The molecule has 1 unspecified atom stereocenters. The van der Waals surface area contributed by atoms with Crippen LogP contribution >= 0.6 is 0 Å². The lowest BCUT2D eigenvalue weighted by atomic mass is 10.1. The van der Waals surface area contributed by atoms with E-state index in [0.717, 1.165) is 0 Å². The Morgan fingerprint density at radius 3 is 2.57 bits per heavy atom. The lowest BCUT2D eigenvalue weighted by Gasteiger charge is -2.22. The number of methoxy groups -OCH3 is 2. The van der Waals surface area contributed by atoms with Gasteiger partial charge in [0.1, 0.15) is 5.82 Å². The summed E-state index contributed by atoms with van der Waals surface area (Å²) >= 11 is 0. The number of hydrogen-bond donors (Lipinski definition) is 0. The summed E-state index contributed by atoms with van der Waals surface area (Å²) in [7, 11) is 4.69. The van der Waals surface area contributed by atoms with Crippen LogP contribution in [0.15, 0.2) is 42.5 Å². The van der Waals surface area contributed by atoms with Crippen LogP contribution in [0.2, 0.25) is 0 Å². The van der Waals surface area contributed by atoms with Crippen molar-refractivity contribution in [1.82, 2.24) is 4.90 Å². The quantitative estimate of drug-likeness (QED) is 0.766. The fourth-order valence-corrected chi connectivity index (χ4v) is 3.39. The summed E-state index contributed by atoms with van der Waals surface area (Å²) in [6.07, 6.45) is 0.120. The van der Waals surface area contributed by atoms with E-state index < -0.39 is 5.92 Å². The van der Waals surface area contributed by atoms with Gasteiger partial charge in [-0.15, -0.1) is 0 Å². The lowest BCUT2D eigenvalue weighted by Crippen LogP contribution is -2.34. The second-order valence-corrected chi connectivity index (χ2v) is 6.73. The molecule has 0 saturated carbocycles. The number of carbonyl (C=O) groups excluding carboxylic acids is 2. The maximum absolute atomic E-state index is 13.8. The smallest absolute Gasteiger partial charge is 0.228 e. The number of amides is 2. The number of halogens is 1. The van der Waals surface area contributed by atoms with E-state index in [0.29, 0.717) is 22.7 Å². The number of carbonyl (C=O) groups is 2. The molecule has 2 aromatic rings. The summed E-state index contributed by atoms with van der Waals surface area (Å²) in [6.45, 7) is 0.432. The zero-order valence-corrected chi connectivity index (χ0v) is 16.1. The average Bonchev–Trinajstić information content (AvgIpc) is 3.10. The van der Waals surface area contributed by atoms with E-state index in [4.69, 9.17) is 9.47 Å². The van der Waals surface area contributed by atoms with Gasteiger partial charge in [0, 0.05) is 43.9 Å². The van der Waals surface area contributed by atoms with Gasteiger partial charge in [0.15, 0.2) is 11.5 Å². The number of rotatable bonds is 6. The Balaban J connectivity index is 1.71. The van der Waals surface area contributed by atoms with Gasteiger partial charge in [0.2, 0.25) is 11.8 Å². The molecule has 1 heterocycles. The van der Waals surface area contributed by atoms with E-state index in [1.54, 1.807) is 55.5 Å². The van der Waals surface area contributed by atoms with Crippen LogP contribution in [-0.2, 0) is 16.1 Å². The summed E-state index contributed by atoms with van der Waals surface area (Å²) in [4.78, 5) is 28.3. The van der Waals surface area contributed by atoms with Crippen molar-refractivity contribution in [2.24, 2.45) is 5.92 Å². The molecule has 0 bridgehead atoms. The van der Waals surface area contributed by atoms with Gasteiger partial charge in [-0.3, -0.25) is 9.59 Å². The Kier molecular flexibility index (Phi) is 5.82. The molecule has 1 fully saturated rings. The first-order valence-corrected chi connectivity index (χ1v) is 8.95. The standard InChI is InChI=1S/C21H23FN2O4/c1-23(12-14-6-4-5-7-17(14)22)21(26)15-10-20(25)24(13-15)16-8-9-18(27-2)19(11-16)28-3/h4-9,11,15H,10,12-13H2,1-3H3. The van der Waals surface area contributed by atoms with Gasteiger partial charge in [-0.1, -0.05) is 18.2 Å². The van der Waals surface area contributed by atoms with Crippen molar-refractivity contribution in [2.75, 3.05) is 32.7 Å². The molecule has 1 aliphatic heterocycles. The van der Waals surface area contributed by atoms with E-state index >= 15 is 0 Å². The molecule has 1 saturated heterocycles. The normalized spacial score (nSPS) is 16.2. The van der Waals surface area contributed by atoms with Gasteiger partial charge < -0.3 is 19.3 Å². The highest BCUT2D eigenvalue weighted by Gasteiger charge is 2.36. The van der Waals surface area contributed by atoms with Crippen molar-refractivity contribution in [3.8, 4) is 11.5 Å². The topological polar surface area (TPSA) is 59.1 Å². The Morgan fingerprint density at radius 2 is 1.89 bits per heavy atom. The maximum Gasteiger partial charge on any atom is 0.228 e. The Bertz CT molecular complexity index is 886. The van der Waals surface area contributed by atoms with Crippen LogP contribution in [0, 0.1) is 11.7 Å². The third-order valence-electron chi connectivity index (χ3n) is 4.89. The van der Waals surface area contributed by atoms with Crippen LogP contribution in [0.4, 0.5) is 10.1 Å². The average molecular weight is 386 g/mol. The molecule has 0 N–H and O–H groups in total. The monoisotopic (exact) mass is 386 g/mol. The van der Waals surface area contributed by atoms with Crippen LogP contribution in [-0.4, -0.2) is 44.5 Å². The molecule has 2 aromatic carbocycles. The van der Waals surface area contributed by atoms with Crippen molar-refractivity contribution in [3.63, 3.8) is 0 Å². The van der Waals surface area contributed by atoms with Crippen LogP contribution in [0.25, 0.3) is 0 Å². The second-order valence-electron chi connectivity index (χ2n) is 6.73. The van der Waals surface area contributed by atoms with E-state index in [1.165, 1.54) is 18.1 Å². The summed E-state index contributed by atoms with van der Waals surface area (Å²) in [5.74, 6) is -0.0622. The van der Waals surface area contributed by atoms with E-state index in [-0.39, 0.29) is 37.1 Å². The molecule has 0 aromatic heterocycles. The van der Waals surface area contributed by atoms with Crippen LogP contribution in [0.3, 0.4) is 0 Å². The van der Waals surface area contributed by atoms with E-state index in [9.17, 15) is 14.0 Å². The molecule has 1 atom stereocenters. The highest BCUT2D eigenvalue weighted by atomic mass is 19.1. The Labute approximate surface area is 163 Å². The fraction of sp³-hybridized carbons (Fsp3) is 0.333. The highest BCUT2D eigenvalue weighted by Crippen LogP contribution is 2.34.